The molecular weight excluding hydrogens is 385 g/mol. The van der Waals surface area contributed by atoms with Crippen molar-refractivity contribution in [3.05, 3.63) is 60.4 Å². The minimum atomic E-state index is -5.33. The fourth-order valence-corrected chi connectivity index (χ4v) is 3.84. The van der Waals surface area contributed by atoms with E-state index in [9.17, 15) is 32.7 Å². The summed E-state index contributed by atoms with van der Waals surface area (Å²) in [6, 6.07) is 9.75. The minimum absolute atomic E-state index is 0.0300. The number of halogens is 1. The van der Waals surface area contributed by atoms with Crippen LogP contribution < -0.4 is 4.74 Å². The molecule has 146 valence electrons. The number of para-hydroxylation sites is 1. The Kier molecular flexibility index (Phi) is 4.93. The summed E-state index contributed by atoms with van der Waals surface area (Å²) in [4.78, 5) is 0.621. The molecule has 0 bridgehead atoms. The molecule has 4 N–H and O–H groups in total. The zero-order chi connectivity index (χ0) is 19.9. The van der Waals surface area contributed by atoms with Gasteiger partial charge in [-0.15, -0.1) is 0 Å². The highest BCUT2D eigenvalue weighted by Crippen LogP contribution is 2.46. The standard InChI is InChI=1S/C16H16FNO8S/c17-15(21)12(19)13(20)16(27(22,23)24,10-5-4-8-18-9-10)26-14(15)25-11-6-2-1-3-7-11/h1-9,12-14,19-21H,(H,22,23,24)/t12-,13-,14+,15+,16?/m0/s1. The van der Waals surface area contributed by atoms with E-state index in [0.717, 1.165) is 12.3 Å². The summed E-state index contributed by atoms with van der Waals surface area (Å²) in [5, 5.41) is 30.3. The Morgan fingerprint density at radius 2 is 1.78 bits per heavy atom. The lowest BCUT2D eigenvalue weighted by Crippen LogP contribution is -2.70. The molecule has 2 aromatic rings. The van der Waals surface area contributed by atoms with Crippen LogP contribution >= 0.6 is 0 Å². The molecule has 1 unspecified atom stereocenters. The number of alkyl halides is 1. The molecule has 0 saturated carbocycles. The maximum Gasteiger partial charge on any atom is 0.302 e. The smallest absolute Gasteiger partial charge is 0.302 e. The lowest BCUT2D eigenvalue weighted by molar-refractivity contribution is -0.372. The van der Waals surface area contributed by atoms with Gasteiger partial charge in [-0.3, -0.25) is 9.54 Å². The molecule has 3 rings (SSSR count). The third-order valence-electron chi connectivity index (χ3n) is 4.15. The number of benzene rings is 1. The quantitative estimate of drug-likeness (QED) is 0.517. The SMILES string of the molecule is O=S(=O)(O)C1(c2cccnc2)O[C@@H](Oc2ccccc2)[C@@](O)(F)[C@@H](O)[C@@H]1O. The van der Waals surface area contributed by atoms with Gasteiger partial charge >= 0.3 is 10.1 Å². The molecule has 1 fully saturated rings. The molecule has 1 aliphatic rings. The molecule has 1 aliphatic heterocycles. The molecular formula is C16H16FNO8S. The van der Waals surface area contributed by atoms with Crippen molar-refractivity contribution < 1.29 is 42.2 Å². The number of aliphatic hydroxyl groups excluding tert-OH is 2. The predicted octanol–water partition coefficient (Wildman–Crippen LogP) is -0.0626. The monoisotopic (exact) mass is 401 g/mol. The van der Waals surface area contributed by atoms with Crippen molar-refractivity contribution in [1.82, 2.24) is 4.98 Å². The van der Waals surface area contributed by atoms with E-state index in [1.54, 1.807) is 6.07 Å². The highest BCUT2D eigenvalue weighted by molar-refractivity contribution is 7.86. The van der Waals surface area contributed by atoms with Gasteiger partial charge < -0.3 is 24.8 Å². The number of nitrogens with zero attached hydrogens (tertiary/aromatic N) is 1. The molecule has 27 heavy (non-hydrogen) atoms. The van der Waals surface area contributed by atoms with Crippen LogP contribution in [0, 0.1) is 0 Å². The van der Waals surface area contributed by atoms with Crippen LogP contribution in [0.2, 0.25) is 0 Å². The van der Waals surface area contributed by atoms with Crippen LogP contribution in [0.15, 0.2) is 54.9 Å². The van der Waals surface area contributed by atoms with E-state index in [-0.39, 0.29) is 5.75 Å². The zero-order valence-electron chi connectivity index (χ0n) is 13.6. The lowest BCUT2D eigenvalue weighted by Gasteiger charge is -2.48. The molecule has 1 saturated heterocycles. The first-order valence-electron chi connectivity index (χ1n) is 7.65. The number of pyridine rings is 1. The van der Waals surface area contributed by atoms with E-state index in [0.29, 0.717) is 0 Å². The molecule has 0 spiro atoms. The van der Waals surface area contributed by atoms with Gasteiger partial charge in [-0.1, -0.05) is 24.3 Å². The van der Waals surface area contributed by atoms with Gasteiger partial charge in [0.1, 0.15) is 18.0 Å². The average molecular weight is 401 g/mol. The van der Waals surface area contributed by atoms with E-state index in [4.69, 9.17) is 9.47 Å². The highest BCUT2D eigenvalue weighted by atomic mass is 32.2. The Morgan fingerprint density at radius 3 is 2.33 bits per heavy atom. The maximum atomic E-state index is 14.7. The van der Waals surface area contributed by atoms with Crippen molar-refractivity contribution in [2.75, 3.05) is 0 Å². The van der Waals surface area contributed by atoms with Crippen LogP contribution in [0.4, 0.5) is 4.39 Å². The van der Waals surface area contributed by atoms with Gasteiger partial charge in [-0.2, -0.15) is 8.42 Å². The second-order valence-electron chi connectivity index (χ2n) is 5.88. The van der Waals surface area contributed by atoms with E-state index < -0.39 is 45.0 Å². The summed E-state index contributed by atoms with van der Waals surface area (Å²) in [5.74, 6) is -3.73. The van der Waals surface area contributed by atoms with Crippen molar-refractivity contribution in [3.8, 4) is 5.75 Å². The number of rotatable bonds is 4. The summed E-state index contributed by atoms with van der Waals surface area (Å²) in [6.45, 7) is 0. The first kappa shape index (κ1) is 19.6. The number of aliphatic hydroxyl groups is 3. The third kappa shape index (κ3) is 3.18. The van der Waals surface area contributed by atoms with Gasteiger partial charge in [0.15, 0.2) is 0 Å². The van der Waals surface area contributed by atoms with Gasteiger partial charge in [0.2, 0.25) is 0 Å². The first-order valence-corrected chi connectivity index (χ1v) is 9.09. The molecule has 1 aromatic heterocycles. The highest BCUT2D eigenvalue weighted by Gasteiger charge is 2.69. The van der Waals surface area contributed by atoms with Crippen LogP contribution in [0.1, 0.15) is 5.56 Å². The van der Waals surface area contributed by atoms with Gasteiger partial charge in [0, 0.05) is 18.0 Å². The third-order valence-corrected chi connectivity index (χ3v) is 5.49. The van der Waals surface area contributed by atoms with Gasteiger partial charge in [-0.25, -0.2) is 4.39 Å². The van der Waals surface area contributed by atoms with E-state index in [1.807, 2.05) is 0 Å². The fourth-order valence-electron chi connectivity index (χ4n) is 2.78. The second-order valence-corrected chi connectivity index (χ2v) is 7.44. The lowest BCUT2D eigenvalue weighted by atomic mass is 9.92. The number of hydrogen-bond acceptors (Lipinski definition) is 8. The summed E-state index contributed by atoms with van der Waals surface area (Å²) >= 11 is 0. The molecule has 9 nitrogen and oxygen atoms in total. The Morgan fingerprint density at radius 1 is 1.11 bits per heavy atom. The van der Waals surface area contributed by atoms with E-state index in [1.165, 1.54) is 36.5 Å². The number of hydrogen-bond donors (Lipinski definition) is 4. The van der Waals surface area contributed by atoms with Crippen molar-refractivity contribution in [2.45, 2.75) is 29.3 Å². The number of ether oxygens (including phenoxy) is 2. The van der Waals surface area contributed by atoms with Crippen LogP contribution in [-0.4, -0.2) is 57.6 Å². The summed E-state index contributed by atoms with van der Waals surface area (Å²) in [6.07, 6.45) is -5.52. The number of aromatic nitrogens is 1. The Balaban J connectivity index is 2.14. The van der Waals surface area contributed by atoms with Crippen LogP contribution in [-0.2, 0) is 19.8 Å². The van der Waals surface area contributed by atoms with Crippen molar-refractivity contribution in [2.24, 2.45) is 0 Å². The molecule has 1 aromatic carbocycles. The molecule has 0 amide bonds. The first-order chi connectivity index (χ1) is 12.6. The predicted molar refractivity (Wildman–Crippen MR) is 87.5 cm³/mol. The summed E-state index contributed by atoms with van der Waals surface area (Å²) < 4.78 is 59.0. The fraction of sp³-hybridized carbons (Fsp3) is 0.312. The average Bonchev–Trinajstić information content (AvgIpc) is 2.63. The van der Waals surface area contributed by atoms with Crippen LogP contribution in [0.5, 0.6) is 5.75 Å². The second kappa shape index (κ2) is 6.78. The van der Waals surface area contributed by atoms with Crippen LogP contribution in [0.25, 0.3) is 0 Å². The molecule has 2 heterocycles. The normalized spacial score (nSPS) is 34.2. The zero-order valence-corrected chi connectivity index (χ0v) is 14.4. The van der Waals surface area contributed by atoms with E-state index in [2.05, 4.69) is 4.98 Å². The van der Waals surface area contributed by atoms with Gasteiger partial charge in [0.05, 0.1) is 0 Å². The maximum absolute atomic E-state index is 14.7. The minimum Gasteiger partial charge on any atom is -0.458 e. The van der Waals surface area contributed by atoms with Crippen molar-refractivity contribution in [1.29, 1.82) is 0 Å². The molecule has 5 atom stereocenters. The topological polar surface area (TPSA) is 146 Å². The van der Waals surface area contributed by atoms with Gasteiger partial charge in [0.25, 0.3) is 17.1 Å². The molecule has 11 heteroatoms. The van der Waals surface area contributed by atoms with Crippen molar-refractivity contribution >= 4 is 10.1 Å². The Bertz CT molecular complexity index is 895. The summed E-state index contributed by atoms with van der Waals surface area (Å²) in [5.41, 5.74) is -0.406. The van der Waals surface area contributed by atoms with Crippen LogP contribution in [0.3, 0.4) is 0 Å². The largest absolute Gasteiger partial charge is 0.458 e. The Hall–Kier alpha value is -2.15. The van der Waals surface area contributed by atoms with Crippen molar-refractivity contribution in [3.63, 3.8) is 0 Å². The molecule has 0 radical (unpaired) electrons. The molecule has 0 aliphatic carbocycles. The van der Waals surface area contributed by atoms with E-state index >= 15 is 0 Å². The summed E-state index contributed by atoms with van der Waals surface area (Å²) in [7, 11) is -5.33. The Labute approximate surface area is 153 Å². The van der Waals surface area contributed by atoms with Gasteiger partial charge in [-0.05, 0) is 18.2 Å².